The second-order valence-corrected chi connectivity index (χ2v) is 4.91. The monoisotopic (exact) mass is 252 g/mol. The molecule has 1 unspecified atom stereocenters. The molecule has 0 fully saturated rings. The summed E-state index contributed by atoms with van der Waals surface area (Å²) in [4.78, 5) is 14.0. The van der Waals surface area contributed by atoms with Crippen molar-refractivity contribution in [2.24, 2.45) is 5.92 Å². The first-order valence-corrected chi connectivity index (χ1v) is 7.16. The van der Waals surface area contributed by atoms with Crippen molar-refractivity contribution in [1.82, 2.24) is 0 Å². The molecule has 1 amide bonds. The lowest BCUT2D eigenvalue weighted by Gasteiger charge is -2.25. The molecular weight excluding hydrogens is 232 g/mol. The third-order valence-electron chi connectivity index (χ3n) is 2.65. The zero-order valence-corrected chi connectivity index (χ0v) is 11.5. The highest BCUT2D eigenvalue weighted by Crippen LogP contribution is 2.24. The van der Waals surface area contributed by atoms with Gasteiger partial charge in [-0.1, -0.05) is 19.1 Å². The van der Waals surface area contributed by atoms with Crippen LogP contribution in [-0.4, -0.2) is 24.5 Å². The van der Waals surface area contributed by atoms with Crippen molar-refractivity contribution >= 4 is 29.0 Å². The largest absolute Gasteiger partial charge is 0.397 e. The summed E-state index contributed by atoms with van der Waals surface area (Å²) in [5.74, 6) is 0.992. The Kier molecular flexibility index (Phi) is 5.35. The lowest BCUT2D eigenvalue weighted by molar-refractivity contribution is -0.121. The zero-order valence-electron chi connectivity index (χ0n) is 10.6. The van der Waals surface area contributed by atoms with Crippen LogP contribution in [0, 0.1) is 5.92 Å². The number of rotatable bonds is 5. The van der Waals surface area contributed by atoms with Crippen LogP contribution in [0.25, 0.3) is 0 Å². The van der Waals surface area contributed by atoms with Gasteiger partial charge in [-0.15, -0.1) is 0 Å². The molecular formula is C13H20N2OS. The van der Waals surface area contributed by atoms with Crippen LogP contribution in [0.2, 0.25) is 0 Å². The molecule has 4 heteroatoms. The topological polar surface area (TPSA) is 46.3 Å². The first-order valence-electron chi connectivity index (χ1n) is 5.76. The second kappa shape index (κ2) is 6.55. The molecule has 0 radical (unpaired) electrons. The van der Waals surface area contributed by atoms with E-state index < -0.39 is 0 Å². The van der Waals surface area contributed by atoms with Gasteiger partial charge < -0.3 is 10.6 Å². The normalized spacial score (nSPS) is 12.2. The first-order chi connectivity index (χ1) is 8.11. The minimum atomic E-state index is 0.0181. The van der Waals surface area contributed by atoms with Crippen molar-refractivity contribution in [3.8, 4) is 0 Å². The van der Waals surface area contributed by atoms with Gasteiger partial charge in [0.05, 0.1) is 11.4 Å². The van der Waals surface area contributed by atoms with Crippen LogP contribution >= 0.6 is 11.8 Å². The number of para-hydroxylation sites is 2. The SMILES string of the molecule is CCN(C(=O)C(C)CSC)c1ccccc1N. The minimum Gasteiger partial charge on any atom is -0.397 e. The number of anilines is 2. The van der Waals surface area contributed by atoms with E-state index in [9.17, 15) is 4.79 Å². The van der Waals surface area contributed by atoms with Crippen molar-refractivity contribution in [3.05, 3.63) is 24.3 Å². The van der Waals surface area contributed by atoms with Gasteiger partial charge in [-0.05, 0) is 25.3 Å². The Labute approximate surface area is 107 Å². The summed E-state index contributed by atoms with van der Waals surface area (Å²) >= 11 is 1.69. The number of hydrogen-bond acceptors (Lipinski definition) is 3. The number of carbonyl (C=O) groups is 1. The maximum absolute atomic E-state index is 12.3. The third-order valence-corrected chi connectivity index (χ3v) is 3.48. The van der Waals surface area contributed by atoms with Crippen LogP contribution in [0.15, 0.2) is 24.3 Å². The molecule has 1 aromatic rings. The molecule has 1 atom stereocenters. The summed E-state index contributed by atoms with van der Waals surface area (Å²) in [6.45, 7) is 4.57. The summed E-state index contributed by atoms with van der Waals surface area (Å²) in [6, 6.07) is 7.50. The number of nitrogens with two attached hydrogens (primary N) is 1. The molecule has 0 aromatic heterocycles. The highest BCUT2D eigenvalue weighted by molar-refractivity contribution is 7.98. The van der Waals surface area contributed by atoms with E-state index in [-0.39, 0.29) is 11.8 Å². The van der Waals surface area contributed by atoms with Gasteiger partial charge in [-0.3, -0.25) is 4.79 Å². The molecule has 0 bridgehead atoms. The molecule has 1 rings (SSSR count). The van der Waals surface area contributed by atoms with Gasteiger partial charge in [0.2, 0.25) is 5.91 Å². The highest BCUT2D eigenvalue weighted by Gasteiger charge is 2.21. The first kappa shape index (κ1) is 13.9. The van der Waals surface area contributed by atoms with E-state index in [1.807, 2.05) is 44.4 Å². The average Bonchev–Trinajstić information content (AvgIpc) is 2.32. The molecule has 1 aromatic carbocycles. The molecule has 0 aliphatic heterocycles. The Morgan fingerprint density at radius 3 is 2.65 bits per heavy atom. The van der Waals surface area contributed by atoms with Gasteiger partial charge in [0.25, 0.3) is 0 Å². The van der Waals surface area contributed by atoms with Crippen molar-refractivity contribution in [1.29, 1.82) is 0 Å². The average molecular weight is 252 g/mol. The Morgan fingerprint density at radius 1 is 1.47 bits per heavy atom. The van der Waals surface area contributed by atoms with E-state index in [2.05, 4.69) is 0 Å². The van der Waals surface area contributed by atoms with E-state index in [4.69, 9.17) is 5.73 Å². The molecule has 2 N–H and O–H groups in total. The van der Waals surface area contributed by atoms with E-state index in [0.717, 1.165) is 11.4 Å². The highest BCUT2D eigenvalue weighted by atomic mass is 32.2. The van der Waals surface area contributed by atoms with Crippen molar-refractivity contribution in [2.45, 2.75) is 13.8 Å². The number of benzene rings is 1. The minimum absolute atomic E-state index is 0.0181. The number of hydrogen-bond donors (Lipinski definition) is 1. The van der Waals surface area contributed by atoms with Gasteiger partial charge in [0.1, 0.15) is 0 Å². The zero-order chi connectivity index (χ0) is 12.8. The van der Waals surface area contributed by atoms with Gasteiger partial charge in [-0.2, -0.15) is 11.8 Å². The summed E-state index contributed by atoms with van der Waals surface area (Å²) in [5.41, 5.74) is 7.37. The van der Waals surface area contributed by atoms with E-state index in [0.29, 0.717) is 12.2 Å². The fraction of sp³-hybridized carbons (Fsp3) is 0.462. The Morgan fingerprint density at radius 2 is 2.12 bits per heavy atom. The predicted molar refractivity (Wildman–Crippen MR) is 76.4 cm³/mol. The summed E-state index contributed by atoms with van der Waals surface area (Å²) in [6.07, 6.45) is 2.01. The fourth-order valence-corrected chi connectivity index (χ4v) is 2.41. The van der Waals surface area contributed by atoms with Gasteiger partial charge >= 0.3 is 0 Å². The van der Waals surface area contributed by atoms with Crippen LogP contribution in [0.4, 0.5) is 11.4 Å². The molecule has 0 spiro atoms. The maximum Gasteiger partial charge on any atom is 0.230 e. The number of thioether (sulfide) groups is 1. The predicted octanol–water partition coefficient (Wildman–Crippen LogP) is 2.62. The Hall–Kier alpha value is -1.16. The van der Waals surface area contributed by atoms with E-state index >= 15 is 0 Å². The molecule has 0 heterocycles. The lowest BCUT2D eigenvalue weighted by atomic mass is 10.1. The molecule has 0 aliphatic carbocycles. The molecule has 0 aliphatic rings. The Bertz CT molecular complexity index is 381. The lowest BCUT2D eigenvalue weighted by Crippen LogP contribution is -2.36. The van der Waals surface area contributed by atoms with E-state index in [1.165, 1.54) is 0 Å². The number of carbonyl (C=O) groups excluding carboxylic acids is 1. The van der Waals surface area contributed by atoms with Crippen molar-refractivity contribution in [3.63, 3.8) is 0 Å². The van der Waals surface area contributed by atoms with Gasteiger partial charge in [-0.25, -0.2) is 0 Å². The number of amides is 1. The van der Waals surface area contributed by atoms with Crippen LogP contribution in [-0.2, 0) is 4.79 Å². The quantitative estimate of drug-likeness (QED) is 0.819. The van der Waals surface area contributed by atoms with Gasteiger partial charge in [0.15, 0.2) is 0 Å². The second-order valence-electron chi connectivity index (χ2n) is 4.00. The summed E-state index contributed by atoms with van der Waals surface area (Å²) in [5, 5.41) is 0. The third kappa shape index (κ3) is 3.40. The van der Waals surface area contributed by atoms with Crippen LogP contribution in [0.5, 0.6) is 0 Å². The molecule has 3 nitrogen and oxygen atoms in total. The summed E-state index contributed by atoms with van der Waals surface area (Å²) < 4.78 is 0. The standard InChI is InChI=1S/C13H20N2OS/c1-4-15(13(16)10(2)9-17-3)12-8-6-5-7-11(12)14/h5-8,10H,4,9,14H2,1-3H3. The molecule has 0 saturated carbocycles. The van der Waals surface area contributed by atoms with Crippen LogP contribution in [0.1, 0.15) is 13.8 Å². The van der Waals surface area contributed by atoms with Crippen LogP contribution in [0.3, 0.4) is 0 Å². The fourth-order valence-electron chi connectivity index (χ4n) is 1.77. The smallest absolute Gasteiger partial charge is 0.230 e. The van der Waals surface area contributed by atoms with Crippen molar-refractivity contribution in [2.75, 3.05) is 29.2 Å². The Balaban J connectivity index is 2.92. The maximum atomic E-state index is 12.3. The number of nitrogens with zero attached hydrogens (tertiary/aromatic N) is 1. The molecule has 17 heavy (non-hydrogen) atoms. The molecule has 94 valence electrons. The van der Waals surface area contributed by atoms with E-state index in [1.54, 1.807) is 16.7 Å². The van der Waals surface area contributed by atoms with Crippen LogP contribution < -0.4 is 10.6 Å². The molecule has 0 saturated heterocycles. The van der Waals surface area contributed by atoms with Crippen molar-refractivity contribution < 1.29 is 4.79 Å². The summed E-state index contributed by atoms with van der Waals surface area (Å²) in [7, 11) is 0. The number of nitrogen functional groups attached to an aromatic ring is 1. The van der Waals surface area contributed by atoms with Gasteiger partial charge in [0, 0.05) is 18.2 Å².